The second-order valence-corrected chi connectivity index (χ2v) is 8.72. The molecule has 0 fully saturated rings. The predicted molar refractivity (Wildman–Crippen MR) is 139 cm³/mol. The predicted octanol–water partition coefficient (Wildman–Crippen LogP) is 3.97. The van der Waals surface area contributed by atoms with Gasteiger partial charge in [-0.2, -0.15) is 0 Å². The van der Waals surface area contributed by atoms with Gasteiger partial charge in [-0.25, -0.2) is 9.97 Å². The molecule has 5 aromatic rings. The van der Waals surface area contributed by atoms with Crippen molar-refractivity contribution in [2.75, 3.05) is 25.0 Å². The topological polar surface area (TPSA) is 52.1 Å². The summed E-state index contributed by atoms with van der Waals surface area (Å²) in [5.74, 6) is 1.92. The summed E-state index contributed by atoms with van der Waals surface area (Å²) in [5, 5.41) is 3.63. The van der Waals surface area contributed by atoms with Gasteiger partial charge in [0.1, 0.15) is 5.82 Å². The first-order valence-electron chi connectivity index (χ1n) is 12.3. The number of para-hydroxylation sites is 4. The van der Waals surface area contributed by atoms with Crippen LogP contribution in [0.15, 0.2) is 78.9 Å². The highest BCUT2D eigenvalue weighted by Gasteiger charge is 2.15. The molecule has 0 saturated carbocycles. The average Bonchev–Trinajstić information content (AvgIpc) is 3.42. The fourth-order valence-electron chi connectivity index (χ4n) is 4.67. The summed E-state index contributed by atoms with van der Waals surface area (Å²) >= 11 is 0. The Kier molecular flexibility index (Phi) is 6.58. The molecule has 0 saturated heterocycles. The minimum atomic E-state index is 0.614. The Morgan fingerprint density at radius 1 is 0.735 bits per heavy atom. The zero-order chi connectivity index (χ0) is 23.3. The highest BCUT2D eigenvalue weighted by molar-refractivity contribution is 5.79. The van der Waals surface area contributed by atoms with Crippen molar-refractivity contribution in [3.8, 4) is 0 Å². The third-order valence-electron chi connectivity index (χ3n) is 6.67. The van der Waals surface area contributed by atoms with Crippen LogP contribution in [0.5, 0.6) is 0 Å². The number of nitrogens with zero attached hydrogens (tertiary/aromatic N) is 4. The molecule has 0 spiro atoms. The molecule has 0 radical (unpaired) electrons. The van der Waals surface area contributed by atoms with Gasteiger partial charge in [0.15, 0.2) is 0 Å². The van der Waals surface area contributed by atoms with Gasteiger partial charge in [-0.05, 0) is 43.7 Å². The highest BCUT2D eigenvalue weighted by Crippen LogP contribution is 2.22. The van der Waals surface area contributed by atoms with Gasteiger partial charge in [0, 0.05) is 6.54 Å². The number of anilines is 1. The van der Waals surface area contributed by atoms with Gasteiger partial charge in [0.05, 0.1) is 54.8 Å². The fraction of sp³-hybridized carbons (Fsp3) is 0.286. The quantitative estimate of drug-likeness (QED) is 0.336. The van der Waals surface area contributed by atoms with Gasteiger partial charge in [-0.1, -0.05) is 54.6 Å². The Hall–Kier alpha value is -3.64. The Morgan fingerprint density at radius 2 is 1.35 bits per heavy atom. The van der Waals surface area contributed by atoms with Crippen molar-refractivity contribution >= 4 is 28.0 Å². The fourth-order valence-corrected chi connectivity index (χ4v) is 4.67. The first kappa shape index (κ1) is 22.2. The van der Waals surface area contributed by atoms with Crippen LogP contribution in [-0.4, -0.2) is 38.7 Å². The van der Waals surface area contributed by atoms with Crippen LogP contribution in [0.2, 0.25) is 0 Å². The van der Waals surface area contributed by atoms with Gasteiger partial charge in [-0.15, -0.1) is 0 Å². The summed E-state index contributed by atoms with van der Waals surface area (Å²) in [6, 6.07) is 27.3. The normalized spacial score (nSPS) is 11.6. The number of fused-ring (bicyclic) bond motifs is 2. The van der Waals surface area contributed by atoms with Gasteiger partial charge < -0.3 is 19.4 Å². The van der Waals surface area contributed by atoms with Crippen LogP contribution in [0, 0.1) is 0 Å². The summed E-state index contributed by atoms with van der Waals surface area (Å²) in [6.07, 6.45) is 0. The van der Waals surface area contributed by atoms with Crippen LogP contribution < -0.4 is 10.2 Å². The molecule has 3 aromatic carbocycles. The maximum atomic E-state index is 4.97. The van der Waals surface area contributed by atoms with E-state index in [9.17, 15) is 0 Å². The number of aromatic nitrogens is 4. The number of rotatable bonds is 10. The van der Waals surface area contributed by atoms with Crippen LogP contribution in [-0.2, 0) is 19.6 Å². The monoisotopic (exact) mass is 453 g/mol. The van der Waals surface area contributed by atoms with Gasteiger partial charge in [-0.3, -0.25) is 0 Å². The number of benzene rings is 3. The van der Waals surface area contributed by atoms with E-state index in [1.807, 2.05) is 6.07 Å². The Bertz CT molecular complexity index is 1360. The minimum Gasteiger partial charge on any atom is -0.348 e. The van der Waals surface area contributed by atoms with E-state index in [1.165, 1.54) is 11.1 Å². The maximum Gasteiger partial charge on any atom is 0.204 e. The van der Waals surface area contributed by atoms with E-state index in [2.05, 4.69) is 101 Å². The molecule has 6 nitrogen and oxygen atoms in total. The molecule has 174 valence electrons. The van der Waals surface area contributed by atoms with Crippen molar-refractivity contribution in [2.45, 2.75) is 33.5 Å². The Morgan fingerprint density at radius 3 is 2.06 bits per heavy atom. The third-order valence-corrected chi connectivity index (χ3v) is 6.67. The summed E-state index contributed by atoms with van der Waals surface area (Å²) in [4.78, 5) is 11.5. The van der Waals surface area contributed by atoms with Crippen LogP contribution in [0.3, 0.4) is 0 Å². The third kappa shape index (κ3) is 4.54. The van der Waals surface area contributed by atoms with Crippen LogP contribution in [0.25, 0.3) is 22.1 Å². The largest absolute Gasteiger partial charge is 0.348 e. The standard InChI is InChI=1S/C28H32N6/c1-3-32(4-2)18-19-33-25-16-10-9-15-24(25)31-28(33)29-20-27-30-23-14-8-11-17-26(23)34(27)21-22-12-6-5-7-13-22/h5-17H,3-4,18-21H2,1-2H3,(H,29,31)/p+1. The highest BCUT2D eigenvalue weighted by atomic mass is 15.2. The van der Waals surface area contributed by atoms with E-state index >= 15 is 0 Å². The van der Waals surface area contributed by atoms with Gasteiger partial charge in [0.25, 0.3) is 0 Å². The number of hydrogen-bond acceptors (Lipinski definition) is 3. The molecule has 0 atom stereocenters. The van der Waals surface area contributed by atoms with Crippen molar-refractivity contribution in [1.82, 2.24) is 19.1 Å². The zero-order valence-corrected chi connectivity index (χ0v) is 20.0. The molecule has 0 aliphatic rings. The van der Waals surface area contributed by atoms with Gasteiger partial charge >= 0.3 is 0 Å². The van der Waals surface area contributed by atoms with Crippen LogP contribution in [0.1, 0.15) is 25.2 Å². The molecule has 0 aliphatic carbocycles. The molecule has 34 heavy (non-hydrogen) atoms. The number of nitrogens with one attached hydrogen (secondary N) is 2. The summed E-state index contributed by atoms with van der Waals surface area (Å²) in [5.41, 5.74) is 5.64. The second-order valence-electron chi connectivity index (χ2n) is 8.72. The van der Waals surface area contributed by atoms with Crippen LogP contribution >= 0.6 is 0 Å². The average molecular weight is 454 g/mol. The second kappa shape index (κ2) is 10.1. The zero-order valence-electron chi connectivity index (χ0n) is 20.0. The summed E-state index contributed by atoms with van der Waals surface area (Å²) in [6.45, 7) is 10.2. The van der Waals surface area contributed by atoms with E-state index in [-0.39, 0.29) is 0 Å². The molecule has 0 bridgehead atoms. The molecule has 2 aromatic heterocycles. The van der Waals surface area contributed by atoms with Crippen molar-refractivity contribution in [3.63, 3.8) is 0 Å². The first-order valence-corrected chi connectivity index (χ1v) is 12.3. The molecular formula is C28H33N6+. The van der Waals surface area contributed by atoms with E-state index in [0.717, 1.165) is 61.0 Å². The van der Waals surface area contributed by atoms with Crippen molar-refractivity contribution in [2.24, 2.45) is 0 Å². The van der Waals surface area contributed by atoms with Crippen molar-refractivity contribution < 1.29 is 4.90 Å². The number of hydrogen-bond donors (Lipinski definition) is 2. The Balaban J connectivity index is 1.45. The number of quaternary nitrogens is 1. The van der Waals surface area contributed by atoms with Gasteiger partial charge in [0.2, 0.25) is 5.95 Å². The van der Waals surface area contributed by atoms with E-state index in [0.29, 0.717) is 6.54 Å². The lowest BCUT2D eigenvalue weighted by atomic mass is 10.2. The number of imidazole rings is 2. The molecule has 6 heteroatoms. The molecule has 0 aliphatic heterocycles. The number of likely N-dealkylation sites (N-methyl/N-ethyl adjacent to an activating group) is 1. The molecule has 2 N–H and O–H groups in total. The smallest absolute Gasteiger partial charge is 0.204 e. The molecule has 0 unspecified atom stereocenters. The minimum absolute atomic E-state index is 0.614. The lowest BCUT2D eigenvalue weighted by molar-refractivity contribution is -0.897. The van der Waals surface area contributed by atoms with E-state index in [4.69, 9.17) is 9.97 Å². The molecule has 5 rings (SSSR count). The molecule has 0 amide bonds. The Labute approximate surface area is 200 Å². The van der Waals surface area contributed by atoms with E-state index < -0.39 is 0 Å². The van der Waals surface area contributed by atoms with Crippen LogP contribution in [0.4, 0.5) is 5.95 Å². The summed E-state index contributed by atoms with van der Waals surface area (Å²) < 4.78 is 4.63. The maximum absolute atomic E-state index is 4.97. The van der Waals surface area contributed by atoms with Crippen molar-refractivity contribution in [3.05, 3.63) is 90.3 Å². The lowest BCUT2D eigenvalue weighted by Crippen LogP contribution is -3.11. The summed E-state index contributed by atoms with van der Waals surface area (Å²) in [7, 11) is 0. The first-order chi connectivity index (χ1) is 16.8. The van der Waals surface area contributed by atoms with E-state index in [1.54, 1.807) is 4.90 Å². The lowest BCUT2D eigenvalue weighted by Gasteiger charge is -2.17. The molecular weight excluding hydrogens is 420 g/mol. The van der Waals surface area contributed by atoms with Crippen molar-refractivity contribution in [1.29, 1.82) is 0 Å². The SMILES string of the molecule is CC[NH+](CC)CCn1c(NCc2nc3ccccc3n2Cc2ccccc2)nc2ccccc21. The molecule has 2 heterocycles.